The van der Waals surface area contributed by atoms with Crippen LogP contribution in [0.3, 0.4) is 0 Å². The van der Waals surface area contributed by atoms with Gasteiger partial charge in [0.05, 0.1) is 5.02 Å². The fourth-order valence-electron chi connectivity index (χ4n) is 2.62. The number of nitrogens with zero attached hydrogens (tertiary/aromatic N) is 2. The van der Waals surface area contributed by atoms with Crippen molar-refractivity contribution in [3.63, 3.8) is 0 Å². The van der Waals surface area contributed by atoms with E-state index in [0.717, 1.165) is 18.1 Å². The van der Waals surface area contributed by atoms with E-state index in [2.05, 4.69) is 25.9 Å². The van der Waals surface area contributed by atoms with Crippen molar-refractivity contribution in [3.8, 4) is 5.75 Å². The van der Waals surface area contributed by atoms with Crippen molar-refractivity contribution in [1.82, 2.24) is 9.97 Å². The largest absolute Gasteiger partial charge is 0.482 e. The molecule has 0 saturated carbocycles. The summed E-state index contributed by atoms with van der Waals surface area (Å²) in [4.78, 5) is 20.8. The maximum Gasteiger partial charge on any atom is 0.262 e. The Hall–Kier alpha value is -3.03. The molecule has 0 aliphatic heterocycles. The summed E-state index contributed by atoms with van der Waals surface area (Å²) < 4.78 is 5.44. The Kier molecular flexibility index (Phi) is 7.32. The van der Waals surface area contributed by atoms with Crippen LogP contribution in [0.25, 0.3) is 0 Å². The van der Waals surface area contributed by atoms with E-state index in [1.165, 1.54) is 0 Å². The number of rotatable bonds is 8. The summed E-state index contributed by atoms with van der Waals surface area (Å²) in [5.41, 5.74) is 1.47. The number of hydrogen-bond acceptors (Lipinski definition) is 6. The molecule has 1 aromatic heterocycles. The zero-order chi connectivity index (χ0) is 21.5. The zero-order valence-electron chi connectivity index (χ0n) is 16.5. The summed E-state index contributed by atoms with van der Waals surface area (Å²) in [5.74, 6) is 2.21. The van der Waals surface area contributed by atoms with Crippen molar-refractivity contribution in [2.45, 2.75) is 13.8 Å². The van der Waals surface area contributed by atoms with E-state index < -0.39 is 0 Å². The number of ether oxygens (including phenoxy) is 1. The molecule has 156 valence electrons. The number of carbonyl (C=O) groups is 1. The lowest BCUT2D eigenvalue weighted by Gasteiger charge is -2.11. The van der Waals surface area contributed by atoms with Crippen molar-refractivity contribution in [2.24, 2.45) is 0 Å². The second kappa shape index (κ2) is 10.1. The number of benzene rings is 2. The van der Waals surface area contributed by atoms with Gasteiger partial charge in [-0.25, -0.2) is 9.97 Å². The molecular weight excluding hydrogens is 425 g/mol. The summed E-state index contributed by atoms with van der Waals surface area (Å²) in [6.45, 7) is 4.45. The molecule has 0 unspecified atom stereocenters. The third-order valence-corrected chi connectivity index (χ3v) is 4.42. The minimum atomic E-state index is -0.302. The van der Waals surface area contributed by atoms with Crippen molar-refractivity contribution >= 4 is 52.1 Å². The van der Waals surface area contributed by atoms with Crippen LogP contribution < -0.4 is 20.7 Å². The first-order valence-electron chi connectivity index (χ1n) is 9.27. The molecule has 2 aromatic carbocycles. The van der Waals surface area contributed by atoms with Gasteiger partial charge in [0.1, 0.15) is 23.2 Å². The second-order valence-electron chi connectivity index (χ2n) is 6.33. The lowest BCUT2D eigenvalue weighted by atomic mass is 10.2. The van der Waals surface area contributed by atoms with Crippen LogP contribution >= 0.6 is 23.2 Å². The summed E-state index contributed by atoms with van der Waals surface area (Å²) in [7, 11) is 0. The number of nitrogens with one attached hydrogen (secondary N) is 3. The van der Waals surface area contributed by atoms with Gasteiger partial charge in [0, 0.05) is 29.0 Å². The number of anilines is 4. The number of amides is 1. The first-order valence-corrected chi connectivity index (χ1v) is 10.0. The molecule has 0 spiro atoms. The third kappa shape index (κ3) is 6.23. The summed E-state index contributed by atoms with van der Waals surface area (Å²) in [6.07, 6.45) is 0. The van der Waals surface area contributed by atoms with Gasteiger partial charge in [-0.1, -0.05) is 23.2 Å². The molecule has 3 aromatic rings. The van der Waals surface area contributed by atoms with Crippen LogP contribution in [-0.2, 0) is 4.79 Å². The van der Waals surface area contributed by atoms with Crippen molar-refractivity contribution in [1.29, 1.82) is 0 Å². The smallest absolute Gasteiger partial charge is 0.262 e. The zero-order valence-corrected chi connectivity index (χ0v) is 18.0. The molecule has 0 bridgehead atoms. The van der Waals surface area contributed by atoms with Gasteiger partial charge in [0.2, 0.25) is 0 Å². The maximum atomic E-state index is 12.1. The van der Waals surface area contributed by atoms with Crippen LogP contribution in [0.4, 0.5) is 23.0 Å². The van der Waals surface area contributed by atoms with Crippen LogP contribution in [0.5, 0.6) is 5.75 Å². The lowest BCUT2D eigenvalue weighted by Crippen LogP contribution is -2.20. The van der Waals surface area contributed by atoms with E-state index in [0.29, 0.717) is 33.1 Å². The van der Waals surface area contributed by atoms with E-state index in [-0.39, 0.29) is 12.5 Å². The number of aryl methyl sites for hydroxylation is 1. The molecule has 1 heterocycles. The fraction of sp³-hybridized carbons (Fsp3) is 0.190. The molecule has 1 amide bonds. The molecule has 9 heteroatoms. The van der Waals surface area contributed by atoms with Crippen molar-refractivity contribution in [3.05, 3.63) is 64.4 Å². The van der Waals surface area contributed by atoms with E-state index in [4.69, 9.17) is 27.9 Å². The maximum absolute atomic E-state index is 12.1. The minimum Gasteiger partial charge on any atom is -0.482 e. The molecule has 30 heavy (non-hydrogen) atoms. The molecular formula is C21H21Cl2N5O2. The predicted molar refractivity (Wildman–Crippen MR) is 121 cm³/mol. The second-order valence-corrected chi connectivity index (χ2v) is 7.17. The van der Waals surface area contributed by atoms with E-state index in [1.54, 1.807) is 30.3 Å². The monoisotopic (exact) mass is 445 g/mol. The highest BCUT2D eigenvalue weighted by Gasteiger charge is 2.08. The number of carbonyl (C=O) groups excluding carboxylic acids is 1. The average molecular weight is 446 g/mol. The number of aromatic nitrogens is 2. The Morgan fingerprint density at radius 1 is 1.00 bits per heavy atom. The summed E-state index contributed by atoms with van der Waals surface area (Å²) in [6, 6.07) is 13.9. The molecule has 0 radical (unpaired) electrons. The molecule has 0 saturated heterocycles. The normalized spacial score (nSPS) is 10.4. The van der Waals surface area contributed by atoms with Gasteiger partial charge in [-0.3, -0.25) is 4.79 Å². The topological polar surface area (TPSA) is 88.2 Å². The van der Waals surface area contributed by atoms with Gasteiger partial charge >= 0.3 is 0 Å². The highest BCUT2D eigenvalue weighted by molar-refractivity contribution is 6.35. The van der Waals surface area contributed by atoms with Crippen molar-refractivity contribution < 1.29 is 9.53 Å². The summed E-state index contributed by atoms with van der Waals surface area (Å²) >= 11 is 11.9. The lowest BCUT2D eigenvalue weighted by molar-refractivity contribution is -0.118. The van der Waals surface area contributed by atoms with E-state index in [1.807, 2.05) is 32.0 Å². The Balaban J connectivity index is 1.56. The Labute approximate surface area is 184 Å². The Morgan fingerprint density at radius 3 is 2.40 bits per heavy atom. The van der Waals surface area contributed by atoms with Crippen molar-refractivity contribution in [2.75, 3.05) is 29.1 Å². The predicted octanol–water partition coefficient (Wildman–Crippen LogP) is 5.28. The first-order chi connectivity index (χ1) is 14.4. The standard InChI is InChI=1S/C21H21Cl2N5O2/c1-3-24-19-11-20(26-13(2)25-19)27-15-5-7-16(8-6-15)28-21(29)12-30-18-9-4-14(22)10-17(18)23/h4-11H,3,12H2,1-2H3,(H,28,29)(H2,24,25,26,27). The van der Waals surface area contributed by atoms with Gasteiger partial charge in [-0.05, 0) is 56.3 Å². The van der Waals surface area contributed by atoms with Crippen LogP contribution in [-0.4, -0.2) is 29.0 Å². The molecule has 0 fully saturated rings. The Bertz CT molecular complexity index is 1030. The highest BCUT2D eigenvalue weighted by Crippen LogP contribution is 2.27. The van der Waals surface area contributed by atoms with Crippen LogP contribution in [0.1, 0.15) is 12.7 Å². The number of hydrogen-bond donors (Lipinski definition) is 3. The van der Waals surface area contributed by atoms with E-state index >= 15 is 0 Å². The number of halogens is 2. The highest BCUT2D eigenvalue weighted by atomic mass is 35.5. The molecule has 3 rings (SSSR count). The minimum absolute atomic E-state index is 0.172. The van der Waals surface area contributed by atoms with Gasteiger partial charge < -0.3 is 20.7 Å². The van der Waals surface area contributed by atoms with Gasteiger partial charge in [0.15, 0.2) is 6.61 Å². The van der Waals surface area contributed by atoms with E-state index in [9.17, 15) is 4.79 Å². The first kappa shape index (κ1) is 21.7. The van der Waals surface area contributed by atoms with Gasteiger partial charge in [0.25, 0.3) is 5.91 Å². The fourth-order valence-corrected chi connectivity index (χ4v) is 3.08. The summed E-state index contributed by atoms with van der Waals surface area (Å²) in [5, 5.41) is 10.0. The molecule has 3 N–H and O–H groups in total. The Morgan fingerprint density at radius 2 is 1.70 bits per heavy atom. The van der Waals surface area contributed by atoms with Crippen LogP contribution in [0.2, 0.25) is 10.0 Å². The van der Waals surface area contributed by atoms with Crippen LogP contribution in [0.15, 0.2) is 48.5 Å². The average Bonchev–Trinajstić information content (AvgIpc) is 2.69. The van der Waals surface area contributed by atoms with Gasteiger partial charge in [-0.15, -0.1) is 0 Å². The van der Waals surface area contributed by atoms with Gasteiger partial charge in [-0.2, -0.15) is 0 Å². The molecule has 0 atom stereocenters. The van der Waals surface area contributed by atoms with Crippen LogP contribution in [0, 0.1) is 6.92 Å². The molecule has 7 nitrogen and oxygen atoms in total. The molecule has 0 aliphatic carbocycles. The third-order valence-electron chi connectivity index (χ3n) is 3.89. The quantitative estimate of drug-likeness (QED) is 0.436. The SMILES string of the molecule is CCNc1cc(Nc2ccc(NC(=O)COc3ccc(Cl)cc3Cl)cc2)nc(C)n1. The molecule has 0 aliphatic rings.